The van der Waals surface area contributed by atoms with Gasteiger partial charge in [0.1, 0.15) is 34.9 Å². The first-order valence-electron chi connectivity index (χ1n) is 13.0. The molecule has 2 aromatic heterocycles. The van der Waals surface area contributed by atoms with Crippen LogP contribution >= 0.6 is 44.7 Å². The molecule has 0 unspecified atom stereocenters. The number of thiol groups is 1. The number of pyridine rings is 2. The van der Waals surface area contributed by atoms with E-state index in [2.05, 4.69) is 71.3 Å². The Labute approximate surface area is 312 Å². The van der Waals surface area contributed by atoms with Gasteiger partial charge in [-0.3, -0.25) is 9.97 Å². The summed E-state index contributed by atoms with van der Waals surface area (Å²) in [5.41, 5.74) is 11.0. The van der Waals surface area contributed by atoms with Crippen LogP contribution in [0.4, 0.5) is 46.5 Å². The van der Waals surface area contributed by atoms with Gasteiger partial charge < -0.3 is 16.2 Å². The van der Waals surface area contributed by atoms with E-state index < -0.39 is 46.5 Å². The zero-order valence-corrected chi connectivity index (χ0v) is 28.8. The van der Waals surface area contributed by atoms with E-state index in [9.17, 15) is 35.1 Å². The number of methoxy groups -OCH3 is 1. The van der Waals surface area contributed by atoms with Crippen LogP contribution < -0.4 is 16.2 Å². The Kier molecular flexibility index (Phi) is 20.6. The molecule has 6 aromatic rings. The number of rotatable bonds is 1. The second-order valence-electron chi connectivity index (χ2n) is 8.95. The third-order valence-electron chi connectivity index (χ3n) is 5.59. The van der Waals surface area contributed by atoms with E-state index in [1.54, 1.807) is 18.2 Å². The summed E-state index contributed by atoms with van der Waals surface area (Å²) in [6, 6.07) is 13.6. The zero-order chi connectivity index (χ0) is 36.8. The SMILES string of the molecule is C.C.COc1c(F)cc2ncccc2c1F.Fc1cc2ncccc2c(F)c1Br.Nc1cc(F)c(Br)c(F)c1.Nc1cc(F)cc(F)c1.[B]=NS. The number of hydrogen-bond donors (Lipinski definition) is 3. The molecule has 2 heterocycles. The first-order valence-corrected chi connectivity index (χ1v) is 14.9. The fraction of sp³-hybridized carbons (Fsp3) is 0.0909. The van der Waals surface area contributed by atoms with Crippen LogP contribution in [0.1, 0.15) is 14.9 Å². The average molecular weight is 866 g/mol. The summed E-state index contributed by atoms with van der Waals surface area (Å²) >= 11 is 8.72. The predicted molar refractivity (Wildman–Crippen MR) is 197 cm³/mol. The van der Waals surface area contributed by atoms with Crippen LogP contribution in [-0.4, -0.2) is 24.7 Å². The molecule has 6 nitrogen and oxygen atoms in total. The van der Waals surface area contributed by atoms with Crippen molar-refractivity contribution in [3.05, 3.63) is 135 Å². The number of aromatic nitrogens is 2. The van der Waals surface area contributed by atoms with Crippen molar-refractivity contribution in [2.75, 3.05) is 18.6 Å². The Balaban J connectivity index is 0.000000637. The first kappa shape index (κ1) is 46.7. The van der Waals surface area contributed by atoms with Crippen molar-refractivity contribution in [1.82, 2.24) is 9.97 Å². The summed E-state index contributed by atoms with van der Waals surface area (Å²) in [6.45, 7) is 0. The molecule has 0 saturated heterocycles. The Morgan fingerprint density at radius 3 is 1.47 bits per heavy atom. The van der Waals surface area contributed by atoms with E-state index >= 15 is 0 Å². The second-order valence-corrected chi connectivity index (χ2v) is 10.8. The van der Waals surface area contributed by atoms with E-state index in [4.69, 9.17) is 11.5 Å². The van der Waals surface area contributed by atoms with Gasteiger partial charge in [-0.15, -0.1) is 0 Å². The third-order valence-corrected chi connectivity index (χ3v) is 7.08. The quantitative estimate of drug-likeness (QED) is 0.0503. The maximum absolute atomic E-state index is 13.5. The molecule has 1 radical (unpaired) electrons. The van der Waals surface area contributed by atoms with Crippen molar-refractivity contribution in [2.45, 2.75) is 14.9 Å². The Hall–Kier alpha value is -4.29. The molecule has 18 heteroatoms. The van der Waals surface area contributed by atoms with Crippen molar-refractivity contribution in [1.29, 1.82) is 0 Å². The van der Waals surface area contributed by atoms with E-state index in [0.717, 1.165) is 36.4 Å². The van der Waals surface area contributed by atoms with Crippen molar-refractivity contribution in [3.8, 4) is 5.75 Å². The van der Waals surface area contributed by atoms with E-state index in [0.29, 0.717) is 10.9 Å². The molecule has 0 aliphatic rings. The van der Waals surface area contributed by atoms with Crippen LogP contribution in [-0.2, 0) is 0 Å². The third kappa shape index (κ3) is 13.7. The minimum atomic E-state index is -0.740. The topological polar surface area (TPSA) is 99.4 Å². The van der Waals surface area contributed by atoms with Gasteiger partial charge in [-0.1, -0.05) is 14.9 Å². The summed E-state index contributed by atoms with van der Waals surface area (Å²) in [5.74, 6) is -5.72. The molecule has 271 valence electrons. The fourth-order valence-electron chi connectivity index (χ4n) is 3.59. The molecule has 0 aliphatic heterocycles. The van der Waals surface area contributed by atoms with Crippen molar-refractivity contribution < 1.29 is 39.9 Å². The molecular weight excluding hydrogens is 837 g/mol. The molecule has 0 atom stereocenters. The predicted octanol–water partition coefficient (Wildman–Crippen LogP) is 11.1. The molecule has 4 aromatic carbocycles. The van der Waals surface area contributed by atoms with Gasteiger partial charge in [0.05, 0.1) is 27.1 Å². The van der Waals surface area contributed by atoms with E-state index in [1.165, 1.54) is 31.6 Å². The van der Waals surface area contributed by atoms with Crippen LogP contribution in [0.2, 0.25) is 0 Å². The van der Waals surface area contributed by atoms with Crippen LogP contribution in [0.15, 0.2) is 92.4 Å². The molecule has 0 fully saturated rings. The van der Waals surface area contributed by atoms with Gasteiger partial charge in [0, 0.05) is 52.7 Å². The molecule has 6 rings (SSSR count). The number of nitrogens with two attached hydrogens (primary N) is 2. The van der Waals surface area contributed by atoms with Crippen LogP contribution in [0, 0.1) is 46.5 Å². The Morgan fingerprint density at radius 1 is 0.647 bits per heavy atom. The van der Waals surface area contributed by atoms with Gasteiger partial charge >= 0.3 is 24.8 Å². The number of fused-ring (bicyclic) bond motifs is 2. The monoisotopic (exact) mass is 864 g/mol. The van der Waals surface area contributed by atoms with Gasteiger partial charge in [0.2, 0.25) is 0 Å². The van der Waals surface area contributed by atoms with Crippen molar-refractivity contribution in [2.24, 2.45) is 4.30 Å². The molecule has 0 saturated carbocycles. The van der Waals surface area contributed by atoms with E-state index in [-0.39, 0.29) is 51.8 Å². The molecule has 0 aliphatic carbocycles. The van der Waals surface area contributed by atoms with Crippen LogP contribution in [0.3, 0.4) is 0 Å². The summed E-state index contributed by atoms with van der Waals surface area (Å²) in [7, 11) is 5.56. The Morgan fingerprint density at radius 2 is 1.04 bits per heavy atom. The number of benzene rings is 4. The molecule has 4 N–H and O–H groups in total. The molecule has 0 amide bonds. The van der Waals surface area contributed by atoms with Crippen molar-refractivity contribution in [3.63, 3.8) is 0 Å². The van der Waals surface area contributed by atoms with Crippen LogP contribution in [0.5, 0.6) is 5.75 Å². The van der Waals surface area contributed by atoms with Gasteiger partial charge in [-0.2, -0.15) is 0 Å². The second kappa shape index (κ2) is 22.5. The normalized spacial score (nSPS) is 9.47. The Bertz CT molecular complexity index is 1990. The first-order chi connectivity index (χ1) is 23.1. The molecule has 51 heavy (non-hydrogen) atoms. The maximum atomic E-state index is 13.5. The van der Waals surface area contributed by atoms with Crippen molar-refractivity contribution >= 4 is 85.5 Å². The molecule has 0 bridgehead atoms. The number of hydrogen-bond acceptors (Lipinski definition) is 7. The number of nitrogens with zero attached hydrogens (tertiary/aromatic N) is 3. The average Bonchev–Trinajstić information content (AvgIpc) is 3.03. The number of ether oxygens (including phenoxy) is 1. The number of halogens is 10. The van der Waals surface area contributed by atoms with E-state index in [1.807, 2.05) is 0 Å². The summed E-state index contributed by atoms with van der Waals surface area (Å²) in [4.78, 5) is 7.69. The van der Waals surface area contributed by atoms with Gasteiger partial charge in [0.15, 0.2) is 17.4 Å². The van der Waals surface area contributed by atoms with Gasteiger partial charge in [-0.25, -0.2) is 35.1 Å². The summed E-state index contributed by atoms with van der Waals surface area (Å²) in [5, 5.41) is 0.571. The minimum absolute atomic E-state index is 0. The number of nitrogen functional groups attached to an aromatic ring is 2. The molecule has 0 spiro atoms. The number of anilines is 2. The van der Waals surface area contributed by atoms with Gasteiger partial charge in [0.25, 0.3) is 0 Å². The fourth-order valence-corrected chi connectivity index (χ4v) is 4.15. The zero-order valence-electron chi connectivity index (χ0n) is 24.7. The summed E-state index contributed by atoms with van der Waals surface area (Å²) in [6.07, 6.45) is 2.98. The summed E-state index contributed by atoms with van der Waals surface area (Å²) < 4.78 is 109. The standard InChI is InChI=1S/C10H7F2NO.C9H4BrF2N.C6H4BrF2N.C6H5F2N.2CH4.BHNS/c1-14-10-7(11)5-8-6(9(10)12)3-2-4-13-8;10-8-6(11)4-7-5(9(8)12)2-1-3-13-7;7-6-4(8)1-3(10)2-5(6)9;7-4-1-5(8)3-6(9)2-4;;;1-2-3/h2-5H,1H3;1-4H;1-2H,10H2;1-3H,9H2;2*1H4;3H. The molecular formula is C33H29BBr2F8N5OS. The van der Waals surface area contributed by atoms with Crippen LogP contribution in [0.25, 0.3) is 21.8 Å². The van der Waals surface area contributed by atoms with Gasteiger partial charge in [-0.05, 0) is 80.4 Å².